The molecular formula is C21H15Br2N4NaO3S. The zero-order chi connectivity index (χ0) is 22.2. The molecule has 1 heterocycles. The maximum atomic E-state index is 11.9. The number of nitrogen functional groups attached to an aromatic ring is 1. The molecule has 11 heteroatoms. The first-order chi connectivity index (χ1) is 14.8. The number of halogens is 2. The number of nitrogens with zero attached hydrogens (tertiary/aromatic N) is 3. The van der Waals surface area contributed by atoms with Gasteiger partial charge in [0, 0.05) is 37.7 Å². The molecular weight excluding hydrogens is 571 g/mol. The molecule has 0 fully saturated rings. The van der Waals surface area contributed by atoms with Crippen LogP contribution in [-0.2, 0) is 10.1 Å². The maximum absolute atomic E-state index is 11.9. The second kappa shape index (κ2) is 10.1. The predicted octanol–water partition coefficient (Wildman–Crippen LogP) is 6.02. The average Bonchev–Trinajstić information content (AvgIpc) is 2.74. The molecule has 0 saturated heterocycles. The number of anilines is 1. The summed E-state index contributed by atoms with van der Waals surface area (Å²) in [4.78, 5) is 3.84. The van der Waals surface area contributed by atoms with E-state index in [1.165, 1.54) is 6.07 Å². The van der Waals surface area contributed by atoms with Crippen molar-refractivity contribution >= 4 is 99.4 Å². The molecule has 4 aromatic rings. The minimum atomic E-state index is -4.49. The standard InChI is InChI=1S/C21H14Br2N4O3S.Na.H/c22-16-8-13(12-4-3-7-25-11-12)9-17(23)21(16)27-26-18-10-19(31(28,29)30)14-5-1-2-6-15(14)20(18)24;;/h1-11H,24H2,(H,28,29,30);;. The number of hydrogen-bond acceptors (Lipinski definition) is 6. The molecule has 1 aromatic heterocycles. The zero-order valence-electron chi connectivity index (χ0n) is 15.7. The van der Waals surface area contributed by atoms with Gasteiger partial charge >= 0.3 is 29.6 Å². The third kappa shape index (κ3) is 5.12. The van der Waals surface area contributed by atoms with Gasteiger partial charge in [-0.25, -0.2) is 0 Å². The fourth-order valence-corrected chi connectivity index (χ4v) is 5.17. The van der Waals surface area contributed by atoms with Crippen molar-refractivity contribution in [2.45, 2.75) is 4.90 Å². The molecule has 158 valence electrons. The molecule has 3 N–H and O–H groups in total. The van der Waals surface area contributed by atoms with Crippen LogP contribution in [0.2, 0.25) is 0 Å². The van der Waals surface area contributed by atoms with Crippen LogP contribution in [-0.4, -0.2) is 47.5 Å². The van der Waals surface area contributed by atoms with E-state index in [1.807, 2.05) is 24.3 Å². The Hall–Kier alpha value is -1.66. The van der Waals surface area contributed by atoms with Gasteiger partial charge in [0.15, 0.2) is 0 Å². The van der Waals surface area contributed by atoms with Crippen LogP contribution in [0, 0.1) is 0 Å². The first-order valence-corrected chi connectivity index (χ1v) is 11.9. The van der Waals surface area contributed by atoms with Gasteiger partial charge in [0.25, 0.3) is 10.1 Å². The predicted molar refractivity (Wildman–Crippen MR) is 135 cm³/mol. The van der Waals surface area contributed by atoms with E-state index in [9.17, 15) is 13.0 Å². The monoisotopic (exact) mass is 584 g/mol. The van der Waals surface area contributed by atoms with Gasteiger partial charge in [0.05, 0.1) is 5.69 Å². The number of aromatic nitrogens is 1. The summed E-state index contributed by atoms with van der Waals surface area (Å²) in [6.45, 7) is 0. The van der Waals surface area contributed by atoms with E-state index in [4.69, 9.17) is 5.73 Å². The van der Waals surface area contributed by atoms with Crippen LogP contribution in [0.15, 0.2) is 91.1 Å². The van der Waals surface area contributed by atoms with E-state index in [0.29, 0.717) is 25.4 Å². The molecule has 7 nitrogen and oxygen atoms in total. The molecule has 0 radical (unpaired) electrons. The summed E-state index contributed by atoms with van der Waals surface area (Å²) in [7, 11) is -4.49. The second-order valence-electron chi connectivity index (χ2n) is 6.56. The van der Waals surface area contributed by atoms with Gasteiger partial charge in [-0.1, -0.05) is 30.3 Å². The van der Waals surface area contributed by atoms with Gasteiger partial charge in [-0.2, -0.15) is 8.42 Å². The summed E-state index contributed by atoms with van der Waals surface area (Å²) in [5.41, 5.74) is 8.94. The topological polar surface area (TPSA) is 118 Å². The molecule has 0 atom stereocenters. The summed E-state index contributed by atoms with van der Waals surface area (Å²) < 4.78 is 34.8. The first kappa shape index (κ1) is 25.0. The molecule has 0 aliphatic heterocycles. The molecule has 4 rings (SSSR count). The number of nitrogens with two attached hydrogens (primary N) is 1. The van der Waals surface area contributed by atoms with E-state index < -0.39 is 10.1 Å². The number of hydrogen-bond donors (Lipinski definition) is 2. The van der Waals surface area contributed by atoms with Crippen molar-refractivity contribution in [1.29, 1.82) is 0 Å². The second-order valence-corrected chi connectivity index (χ2v) is 9.66. The van der Waals surface area contributed by atoms with Crippen LogP contribution in [0.5, 0.6) is 0 Å². The van der Waals surface area contributed by atoms with Crippen LogP contribution in [0.1, 0.15) is 0 Å². The zero-order valence-corrected chi connectivity index (χ0v) is 19.7. The van der Waals surface area contributed by atoms with E-state index in [0.717, 1.165) is 11.1 Å². The molecule has 0 spiro atoms. The Bertz CT molecular complexity index is 1430. The van der Waals surface area contributed by atoms with Gasteiger partial charge in [-0.15, -0.1) is 10.2 Å². The van der Waals surface area contributed by atoms with Crippen molar-refractivity contribution in [3.05, 3.63) is 75.9 Å². The molecule has 0 unspecified atom stereocenters. The van der Waals surface area contributed by atoms with E-state index in [2.05, 4.69) is 47.1 Å². The number of rotatable bonds is 4. The normalized spacial score (nSPS) is 11.6. The number of benzene rings is 3. The van der Waals surface area contributed by atoms with E-state index >= 15 is 0 Å². The number of azo groups is 1. The van der Waals surface area contributed by atoms with Gasteiger partial charge in [0.2, 0.25) is 0 Å². The van der Waals surface area contributed by atoms with Gasteiger partial charge in [0.1, 0.15) is 16.3 Å². The molecule has 3 aromatic carbocycles. The summed E-state index contributed by atoms with van der Waals surface area (Å²) in [5, 5.41) is 9.20. The third-order valence-electron chi connectivity index (χ3n) is 4.57. The summed E-state index contributed by atoms with van der Waals surface area (Å²) in [5.74, 6) is 0. The molecule has 0 saturated carbocycles. The quantitative estimate of drug-likeness (QED) is 0.131. The molecule has 0 amide bonds. The molecule has 0 bridgehead atoms. The van der Waals surface area contributed by atoms with Gasteiger partial charge in [-0.3, -0.25) is 9.54 Å². The Morgan fingerprint density at radius 1 is 0.906 bits per heavy atom. The molecule has 0 aliphatic carbocycles. The van der Waals surface area contributed by atoms with Crippen LogP contribution < -0.4 is 5.73 Å². The van der Waals surface area contributed by atoms with E-state index in [-0.39, 0.29) is 45.8 Å². The Morgan fingerprint density at radius 2 is 1.56 bits per heavy atom. The van der Waals surface area contributed by atoms with E-state index in [1.54, 1.807) is 36.7 Å². The Labute approximate surface area is 223 Å². The molecule has 0 aliphatic rings. The SMILES string of the molecule is Nc1c(N=Nc2c(Br)cc(-c3cccnc3)cc2Br)cc(S(=O)(=O)O)c2ccccc12.[NaH]. The van der Waals surface area contributed by atoms with Gasteiger partial charge in [-0.05, 0) is 61.7 Å². The molecule has 32 heavy (non-hydrogen) atoms. The van der Waals surface area contributed by atoms with Crippen LogP contribution in [0.3, 0.4) is 0 Å². The average molecular weight is 586 g/mol. The van der Waals surface area contributed by atoms with Crippen molar-refractivity contribution < 1.29 is 13.0 Å². The van der Waals surface area contributed by atoms with Crippen molar-refractivity contribution in [3.8, 4) is 11.1 Å². The van der Waals surface area contributed by atoms with Crippen LogP contribution in [0.25, 0.3) is 21.9 Å². The summed E-state index contributed by atoms with van der Waals surface area (Å²) in [6, 6.07) is 15.4. The Balaban J connectivity index is 0.00000289. The van der Waals surface area contributed by atoms with Crippen molar-refractivity contribution in [1.82, 2.24) is 4.98 Å². The van der Waals surface area contributed by atoms with Crippen molar-refractivity contribution in [2.24, 2.45) is 10.2 Å². The fraction of sp³-hybridized carbons (Fsp3) is 0. The fourth-order valence-electron chi connectivity index (χ4n) is 3.11. The first-order valence-electron chi connectivity index (χ1n) is 8.85. The summed E-state index contributed by atoms with van der Waals surface area (Å²) >= 11 is 7.00. The van der Waals surface area contributed by atoms with Crippen molar-refractivity contribution in [3.63, 3.8) is 0 Å². The van der Waals surface area contributed by atoms with Crippen molar-refractivity contribution in [2.75, 3.05) is 5.73 Å². The third-order valence-corrected chi connectivity index (χ3v) is 6.68. The minimum absolute atomic E-state index is 0. The summed E-state index contributed by atoms with van der Waals surface area (Å²) in [6.07, 6.45) is 3.45. The van der Waals surface area contributed by atoms with Crippen LogP contribution in [0.4, 0.5) is 17.1 Å². The van der Waals surface area contributed by atoms with Crippen LogP contribution >= 0.6 is 31.9 Å². The van der Waals surface area contributed by atoms with Gasteiger partial charge < -0.3 is 5.73 Å². The Morgan fingerprint density at radius 3 is 2.16 bits per heavy atom. The number of pyridine rings is 1. The Kier molecular flexibility index (Phi) is 7.87. The number of fused-ring (bicyclic) bond motifs is 1.